The minimum absolute atomic E-state index is 0.0460. The van der Waals surface area contributed by atoms with Crippen molar-refractivity contribution >= 4 is 37.8 Å². The standard InChI is InChI=1S/C21H16Br2F4O2/c1-21(2)12(8-13(22)23)15(21)20(28)29-9-11-16(24)14(10-6-4-3-5-7-10)18(26)19(27)17(11)25/h3-8,12,15H,9H2,1-2H3/t12-,15+/m1/s1. The Morgan fingerprint density at radius 2 is 1.66 bits per heavy atom. The number of halogens is 6. The van der Waals surface area contributed by atoms with E-state index in [1.165, 1.54) is 24.3 Å². The van der Waals surface area contributed by atoms with Crippen LogP contribution in [0.2, 0.25) is 0 Å². The second-order valence-corrected chi connectivity index (χ2v) is 10.1. The molecule has 0 radical (unpaired) electrons. The van der Waals surface area contributed by atoms with Crippen LogP contribution < -0.4 is 0 Å². The van der Waals surface area contributed by atoms with Crippen molar-refractivity contribution in [2.24, 2.45) is 17.3 Å². The van der Waals surface area contributed by atoms with Gasteiger partial charge in [-0.15, -0.1) is 0 Å². The Morgan fingerprint density at radius 3 is 2.24 bits per heavy atom. The lowest BCUT2D eigenvalue weighted by Gasteiger charge is -2.13. The summed E-state index contributed by atoms with van der Waals surface area (Å²) in [4.78, 5) is 12.4. The summed E-state index contributed by atoms with van der Waals surface area (Å²) in [5.41, 5.74) is -1.89. The van der Waals surface area contributed by atoms with Crippen molar-refractivity contribution in [1.82, 2.24) is 0 Å². The van der Waals surface area contributed by atoms with Crippen molar-refractivity contribution in [1.29, 1.82) is 0 Å². The van der Waals surface area contributed by atoms with Crippen molar-refractivity contribution in [3.8, 4) is 11.1 Å². The van der Waals surface area contributed by atoms with Gasteiger partial charge in [-0.2, -0.15) is 0 Å². The molecule has 0 heterocycles. The number of allylic oxidation sites excluding steroid dienone is 1. The molecule has 0 spiro atoms. The van der Waals surface area contributed by atoms with Gasteiger partial charge in [0.05, 0.1) is 20.4 Å². The molecule has 1 fully saturated rings. The van der Waals surface area contributed by atoms with Gasteiger partial charge in [-0.25, -0.2) is 17.6 Å². The second-order valence-electron chi connectivity index (χ2n) is 7.36. The van der Waals surface area contributed by atoms with E-state index in [0.29, 0.717) is 3.39 Å². The predicted molar refractivity (Wildman–Crippen MR) is 108 cm³/mol. The average molecular weight is 536 g/mol. The maximum atomic E-state index is 14.9. The Morgan fingerprint density at radius 1 is 1.03 bits per heavy atom. The Balaban J connectivity index is 1.88. The van der Waals surface area contributed by atoms with E-state index in [1.54, 1.807) is 12.1 Å². The van der Waals surface area contributed by atoms with Crippen molar-refractivity contribution < 1.29 is 27.1 Å². The molecule has 2 atom stereocenters. The van der Waals surface area contributed by atoms with Crippen LogP contribution in [0, 0.1) is 40.5 Å². The van der Waals surface area contributed by atoms with Gasteiger partial charge >= 0.3 is 5.97 Å². The normalized spacial score (nSPS) is 19.6. The van der Waals surface area contributed by atoms with Gasteiger partial charge in [0.1, 0.15) is 12.4 Å². The summed E-state index contributed by atoms with van der Waals surface area (Å²) in [5.74, 6) is -7.76. The van der Waals surface area contributed by atoms with E-state index in [0.717, 1.165) is 0 Å². The highest BCUT2D eigenvalue weighted by Crippen LogP contribution is 2.60. The maximum absolute atomic E-state index is 14.9. The number of hydrogen-bond donors (Lipinski definition) is 0. The van der Waals surface area contributed by atoms with Crippen molar-refractivity contribution in [2.75, 3.05) is 0 Å². The van der Waals surface area contributed by atoms with E-state index < -0.39 is 58.3 Å². The molecule has 0 aliphatic heterocycles. The summed E-state index contributed by atoms with van der Waals surface area (Å²) in [5, 5.41) is 0. The summed E-state index contributed by atoms with van der Waals surface area (Å²) in [6.45, 7) is 2.87. The van der Waals surface area contributed by atoms with Gasteiger partial charge in [-0.05, 0) is 48.8 Å². The van der Waals surface area contributed by atoms with E-state index in [4.69, 9.17) is 4.74 Å². The Bertz CT molecular complexity index is 986. The van der Waals surface area contributed by atoms with Crippen LogP contribution in [0.15, 0.2) is 39.8 Å². The lowest BCUT2D eigenvalue weighted by Crippen LogP contribution is -2.14. The van der Waals surface area contributed by atoms with Gasteiger partial charge in [0.15, 0.2) is 17.5 Å². The molecule has 0 aromatic heterocycles. The number of carbonyl (C=O) groups is 1. The van der Waals surface area contributed by atoms with Gasteiger partial charge in [0, 0.05) is 0 Å². The smallest absolute Gasteiger partial charge is 0.310 e. The summed E-state index contributed by atoms with van der Waals surface area (Å²) in [7, 11) is 0. The molecule has 1 saturated carbocycles. The van der Waals surface area contributed by atoms with Gasteiger partial charge in [-0.3, -0.25) is 4.79 Å². The molecule has 3 rings (SSSR count). The molecule has 154 valence electrons. The Hall–Kier alpha value is -1.67. The average Bonchev–Trinajstić information content (AvgIpc) is 3.20. The van der Waals surface area contributed by atoms with Gasteiger partial charge < -0.3 is 4.74 Å². The van der Waals surface area contributed by atoms with Crippen LogP contribution in [0.25, 0.3) is 11.1 Å². The number of carbonyl (C=O) groups excluding carboxylic acids is 1. The molecular formula is C21H16Br2F4O2. The molecule has 0 amide bonds. The van der Waals surface area contributed by atoms with Crippen LogP contribution in [0.1, 0.15) is 19.4 Å². The first-order valence-electron chi connectivity index (χ1n) is 8.67. The van der Waals surface area contributed by atoms with Crippen molar-refractivity contribution in [3.63, 3.8) is 0 Å². The zero-order chi connectivity index (χ0) is 21.5. The van der Waals surface area contributed by atoms with Crippen molar-refractivity contribution in [3.05, 3.63) is 68.6 Å². The molecule has 0 saturated heterocycles. The van der Waals surface area contributed by atoms with Crippen LogP contribution in [-0.4, -0.2) is 5.97 Å². The van der Waals surface area contributed by atoms with E-state index >= 15 is 0 Å². The monoisotopic (exact) mass is 534 g/mol. The molecule has 0 bridgehead atoms. The number of benzene rings is 2. The summed E-state index contributed by atoms with van der Waals surface area (Å²) < 4.78 is 63.1. The molecule has 8 heteroatoms. The van der Waals surface area contributed by atoms with Crippen LogP contribution >= 0.6 is 31.9 Å². The van der Waals surface area contributed by atoms with Gasteiger partial charge in [-0.1, -0.05) is 50.3 Å². The predicted octanol–water partition coefficient (Wildman–Crippen LogP) is 6.86. The first kappa shape index (κ1) is 22.0. The second kappa shape index (κ2) is 8.22. The van der Waals surface area contributed by atoms with Crippen molar-refractivity contribution in [2.45, 2.75) is 20.5 Å². The topological polar surface area (TPSA) is 26.3 Å². The summed E-state index contributed by atoms with van der Waals surface area (Å²) >= 11 is 6.46. The largest absolute Gasteiger partial charge is 0.460 e. The molecular weight excluding hydrogens is 520 g/mol. The zero-order valence-corrected chi connectivity index (χ0v) is 18.6. The number of ether oxygens (including phenoxy) is 1. The fourth-order valence-corrected chi connectivity index (χ4v) is 4.04. The molecule has 29 heavy (non-hydrogen) atoms. The summed E-state index contributed by atoms with van der Waals surface area (Å²) in [6.07, 6.45) is 1.79. The molecule has 2 aromatic carbocycles. The minimum atomic E-state index is -1.81. The highest BCUT2D eigenvalue weighted by molar-refractivity contribution is 9.28. The summed E-state index contributed by atoms with van der Waals surface area (Å²) in [6, 6.07) is 7.39. The fourth-order valence-electron chi connectivity index (χ4n) is 3.47. The first-order valence-corrected chi connectivity index (χ1v) is 10.3. The lowest BCUT2D eigenvalue weighted by atomic mass is 10.0. The maximum Gasteiger partial charge on any atom is 0.310 e. The Labute approximate surface area is 182 Å². The highest BCUT2D eigenvalue weighted by Gasteiger charge is 2.61. The van der Waals surface area contributed by atoms with Crippen LogP contribution in [0.5, 0.6) is 0 Å². The zero-order valence-electron chi connectivity index (χ0n) is 15.4. The molecule has 1 aliphatic carbocycles. The number of esters is 1. The number of rotatable bonds is 5. The van der Waals surface area contributed by atoms with E-state index in [-0.39, 0.29) is 11.5 Å². The molecule has 2 aromatic rings. The minimum Gasteiger partial charge on any atom is -0.460 e. The highest BCUT2D eigenvalue weighted by atomic mass is 79.9. The quantitative estimate of drug-likeness (QED) is 0.181. The van der Waals surface area contributed by atoms with Crippen LogP contribution in [-0.2, 0) is 16.1 Å². The Kier molecular flexibility index (Phi) is 6.24. The third-order valence-corrected chi connectivity index (χ3v) is 5.77. The fraction of sp³-hybridized carbons (Fsp3) is 0.286. The SMILES string of the molecule is CC1(C)[C@H](C=C(Br)Br)[C@H]1C(=O)OCc1c(F)c(F)c(F)c(-c2ccccc2)c1F. The molecule has 1 aliphatic rings. The molecule has 0 N–H and O–H groups in total. The molecule has 2 nitrogen and oxygen atoms in total. The van der Waals surface area contributed by atoms with E-state index in [9.17, 15) is 22.4 Å². The van der Waals surface area contributed by atoms with Crippen LogP contribution in [0.3, 0.4) is 0 Å². The van der Waals surface area contributed by atoms with E-state index in [2.05, 4.69) is 31.9 Å². The van der Waals surface area contributed by atoms with E-state index in [1.807, 2.05) is 13.8 Å². The lowest BCUT2D eigenvalue weighted by molar-refractivity contribution is -0.147. The molecule has 0 unspecified atom stereocenters. The third-order valence-electron chi connectivity index (χ3n) is 5.25. The third kappa shape index (κ3) is 4.14. The first-order chi connectivity index (χ1) is 13.6. The van der Waals surface area contributed by atoms with Gasteiger partial charge in [0.2, 0.25) is 0 Å². The number of hydrogen-bond acceptors (Lipinski definition) is 2. The van der Waals surface area contributed by atoms with Gasteiger partial charge in [0.25, 0.3) is 0 Å². The van der Waals surface area contributed by atoms with Crippen LogP contribution in [0.4, 0.5) is 17.6 Å².